The molecule has 0 aliphatic heterocycles. The van der Waals surface area contributed by atoms with Crippen LogP contribution in [0.3, 0.4) is 0 Å². The van der Waals surface area contributed by atoms with Gasteiger partial charge < -0.3 is 14.6 Å². The van der Waals surface area contributed by atoms with E-state index in [1.54, 1.807) is 30.3 Å². The summed E-state index contributed by atoms with van der Waals surface area (Å²) < 4.78 is 5.26. The third-order valence-electron chi connectivity index (χ3n) is 4.53. The average molecular weight is 384 g/mol. The van der Waals surface area contributed by atoms with Gasteiger partial charge in [-0.25, -0.2) is 4.79 Å². The number of aromatic hydroxyl groups is 2. The lowest BCUT2D eigenvalue weighted by Gasteiger charge is -2.11. The summed E-state index contributed by atoms with van der Waals surface area (Å²) in [5.74, 6) is -1.31. The van der Waals surface area contributed by atoms with Crippen molar-refractivity contribution in [2.24, 2.45) is 0 Å². The summed E-state index contributed by atoms with van der Waals surface area (Å²) in [7, 11) is 0. The van der Waals surface area contributed by atoms with E-state index in [2.05, 4.69) is 0 Å². The molecule has 29 heavy (non-hydrogen) atoms. The number of carbonyl (C=O) groups excluding carboxylic acids is 1. The lowest BCUT2D eigenvalue weighted by Crippen LogP contribution is -2.04. The second-order valence-electron chi connectivity index (χ2n) is 6.45. The zero-order chi connectivity index (χ0) is 20.4. The zero-order valence-corrected chi connectivity index (χ0v) is 15.2. The van der Waals surface area contributed by atoms with Crippen LogP contribution in [0.15, 0.2) is 88.1 Å². The van der Waals surface area contributed by atoms with E-state index in [1.165, 1.54) is 12.1 Å². The second kappa shape index (κ2) is 7.48. The fourth-order valence-electron chi connectivity index (χ4n) is 3.22. The Morgan fingerprint density at radius 1 is 0.862 bits per heavy atom. The molecule has 0 aliphatic rings. The summed E-state index contributed by atoms with van der Waals surface area (Å²) in [5.41, 5.74) is 0.855. The molecule has 3 aromatic carbocycles. The number of hydrogen-bond acceptors (Lipinski definition) is 5. The number of hydrogen-bond donors (Lipinski definition) is 2. The van der Waals surface area contributed by atoms with E-state index in [1.807, 2.05) is 36.4 Å². The number of ketones is 1. The summed E-state index contributed by atoms with van der Waals surface area (Å²) in [5, 5.41) is 21.0. The molecule has 1 aromatic heterocycles. The van der Waals surface area contributed by atoms with Gasteiger partial charge in [0.05, 0.1) is 5.39 Å². The summed E-state index contributed by atoms with van der Waals surface area (Å²) in [4.78, 5) is 25.0. The van der Waals surface area contributed by atoms with Crippen molar-refractivity contribution in [2.75, 3.05) is 0 Å². The van der Waals surface area contributed by atoms with Crippen molar-refractivity contribution < 1.29 is 19.4 Å². The fraction of sp³-hybridized carbons (Fsp3) is 0. The van der Waals surface area contributed by atoms with Crippen molar-refractivity contribution in [1.29, 1.82) is 0 Å². The third kappa shape index (κ3) is 3.53. The Kier molecular flexibility index (Phi) is 4.71. The van der Waals surface area contributed by atoms with Crippen LogP contribution in [0.2, 0.25) is 0 Å². The van der Waals surface area contributed by atoms with Crippen LogP contribution in [0.1, 0.15) is 15.9 Å². The van der Waals surface area contributed by atoms with Crippen LogP contribution < -0.4 is 5.63 Å². The summed E-state index contributed by atoms with van der Waals surface area (Å²) in [6, 6.07) is 20.5. The minimum absolute atomic E-state index is 0.156. The summed E-state index contributed by atoms with van der Waals surface area (Å²) in [6.07, 6.45) is 2.88. The van der Waals surface area contributed by atoms with Crippen molar-refractivity contribution in [3.8, 4) is 22.6 Å². The van der Waals surface area contributed by atoms with Gasteiger partial charge in [-0.3, -0.25) is 4.79 Å². The molecule has 4 aromatic rings. The first-order chi connectivity index (χ1) is 14.0. The minimum atomic E-state index is -0.692. The van der Waals surface area contributed by atoms with Crippen LogP contribution in [0, 0.1) is 0 Å². The van der Waals surface area contributed by atoms with Gasteiger partial charge in [0, 0.05) is 17.7 Å². The molecule has 0 fully saturated rings. The fourth-order valence-corrected chi connectivity index (χ4v) is 3.22. The highest BCUT2D eigenvalue weighted by molar-refractivity contribution is 6.17. The van der Waals surface area contributed by atoms with Gasteiger partial charge in [-0.1, -0.05) is 66.7 Å². The minimum Gasteiger partial charge on any atom is -0.507 e. The Hall–Kier alpha value is -4.12. The highest BCUT2D eigenvalue weighted by Gasteiger charge is 2.22. The van der Waals surface area contributed by atoms with Crippen molar-refractivity contribution in [1.82, 2.24) is 0 Å². The molecule has 0 spiro atoms. The Balaban J connectivity index is 1.93. The first kappa shape index (κ1) is 18.3. The van der Waals surface area contributed by atoms with Gasteiger partial charge in [0.2, 0.25) is 0 Å². The molecule has 0 amide bonds. The average Bonchev–Trinajstić information content (AvgIpc) is 2.72. The molecule has 0 saturated carbocycles. The highest BCUT2D eigenvalue weighted by Crippen LogP contribution is 2.39. The Morgan fingerprint density at radius 2 is 1.52 bits per heavy atom. The van der Waals surface area contributed by atoms with Gasteiger partial charge in [0.15, 0.2) is 11.4 Å². The monoisotopic (exact) mass is 384 g/mol. The lowest BCUT2D eigenvalue weighted by molar-refractivity contribution is 0.104. The van der Waals surface area contributed by atoms with Gasteiger partial charge in [-0.05, 0) is 17.2 Å². The van der Waals surface area contributed by atoms with E-state index < -0.39 is 17.2 Å². The predicted octanol–water partition coefficient (Wildman–Crippen LogP) is 4.77. The van der Waals surface area contributed by atoms with Crippen molar-refractivity contribution in [3.05, 3.63) is 100 Å². The molecule has 0 unspecified atom stereocenters. The van der Waals surface area contributed by atoms with Crippen molar-refractivity contribution >= 4 is 22.8 Å². The lowest BCUT2D eigenvalue weighted by atomic mass is 9.97. The first-order valence-corrected chi connectivity index (χ1v) is 8.90. The van der Waals surface area contributed by atoms with E-state index in [0.29, 0.717) is 11.1 Å². The standard InChI is InChI=1S/C24H16O5/c25-18(12-11-15-7-3-1-4-8-15)23-20(27)14-19(26)22-17(13-21(28)29-24(22)23)16-9-5-2-6-10-16/h1-14,26-27H/b12-11+. The zero-order valence-electron chi connectivity index (χ0n) is 15.2. The smallest absolute Gasteiger partial charge is 0.336 e. The van der Waals surface area contributed by atoms with Crippen molar-refractivity contribution in [2.45, 2.75) is 0 Å². The Labute approximate surface area is 165 Å². The molecule has 142 valence electrons. The molecule has 0 saturated heterocycles. The Morgan fingerprint density at radius 3 is 2.21 bits per heavy atom. The van der Waals surface area contributed by atoms with E-state index in [0.717, 1.165) is 11.6 Å². The SMILES string of the molecule is O=C(/C=C/c1ccccc1)c1c(O)cc(O)c2c(-c3ccccc3)cc(=O)oc12. The van der Waals surface area contributed by atoms with Crippen LogP contribution in [-0.2, 0) is 0 Å². The van der Waals surface area contributed by atoms with Gasteiger partial charge in [0.1, 0.15) is 17.1 Å². The van der Waals surface area contributed by atoms with E-state index in [4.69, 9.17) is 4.42 Å². The molecule has 1 heterocycles. The molecule has 0 atom stereocenters. The van der Waals surface area contributed by atoms with E-state index in [9.17, 15) is 19.8 Å². The number of rotatable bonds is 4. The molecule has 0 aliphatic carbocycles. The van der Waals surface area contributed by atoms with Crippen LogP contribution in [0.4, 0.5) is 0 Å². The number of fused-ring (bicyclic) bond motifs is 1. The normalized spacial score (nSPS) is 11.2. The molecule has 5 heteroatoms. The summed E-state index contributed by atoms with van der Waals surface area (Å²) in [6.45, 7) is 0. The first-order valence-electron chi connectivity index (χ1n) is 8.90. The van der Waals surface area contributed by atoms with Gasteiger partial charge in [-0.2, -0.15) is 0 Å². The van der Waals surface area contributed by atoms with Crippen LogP contribution in [0.25, 0.3) is 28.2 Å². The number of phenolic OH excluding ortho intramolecular Hbond substituents is 2. The maximum Gasteiger partial charge on any atom is 0.336 e. The maximum atomic E-state index is 12.8. The van der Waals surface area contributed by atoms with E-state index in [-0.39, 0.29) is 22.3 Å². The number of phenols is 2. The van der Waals surface area contributed by atoms with Crippen LogP contribution in [0.5, 0.6) is 11.5 Å². The van der Waals surface area contributed by atoms with Gasteiger partial charge >= 0.3 is 5.63 Å². The number of carbonyl (C=O) groups is 1. The summed E-state index contributed by atoms with van der Waals surface area (Å²) >= 11 is 0. The number of benzene rings is 3. The van der Waals surface area contributed by atoms with Gasteiger partial charge in [-0.15, -0.1) is 0 Å². The van der Waals surface area contributed by atoms with Crippen molar-refractivity contribution in [3.63, 3.8) is 0 Å². The second-order valence-corrected chi connectivity index (χ2v) is 6.45. The largest absolute Gasteiger partial charge is 0.507 e. The topological polar surface area (TPSA) is 87.7 Å². The quantitative estimate of drug-likeness (QED) is 0.301. The molecule has 4 rings (SSSR count). The predicted molar refractivity (Wildman–Crippen MR) is 111 cm³/mol. The van der Waals surface area contributed by atoms with Crippen LogP contribution >= 0.6 is 0 Å². The molecule has 5 nitrogen and oxygen atoms in total. The molecule has 0 bridgehead atoms. The van der Waals surface area contributed by atoms with E-state index >= 15 is 0 Å². The van der Waals surface area contributed by atoms with Crippen LogP contribution in [-0.4, -0.2) is 16.0 Å². The molecule has 2 N–H and O–H groups in total. The molecular weight excluding hydrogens is 368 g/mol. The van der Waals surface area contributed by atoms with Gasteiger partial charge in [0.25, 0.3) is 0 Å². The molecule has 0 radical (unpaired) electrons. The third-order valence-corrected chi connectivity index (χ3v) is 4.53. The Bertz CT molecular complexity index is 1290. The number of allylic oxidation sites excluding steroid dienone is 1. The molecular formula is C24H16O5. The highest BCUT2D eigenvalue weighted by atomic mass is 16.4. The maximum absolute atomic E-state index is 12.8.